The van der Waals surface area contributed by atoms with Gasteiger partial charge in [0.2, 0.25) is 0 Å². The summed E-state index contributed by atoms with van der Waals surface area (Å²) in [4.78, 5) is 8.38. The predicted molar refractivity (Wildman–Crippen MR) is 78.7 cm³/mol. The van der Waals surface area contributed by atoms with Crippen LogP contribution in [0.25, 0.3) is 0 Å². The molecule has 106 valence electrons. The summed E-state index contributed by atoms with van der Waals surface area (Å²) in [6.45, 7) is 8.08. The van der Waals surface area contributed by atoms with Crippen LogP contribution in [0.1, 0.15) is 58.1 Å². The lowest BCUT2D eigenvalue weighted by Crippen LogP contribution is -2.33. The second-order valence-electron chi connectivity index (χ2n) is 6.13. The summed E-state index contributed by atoms with van der Waals surface area (Å²) in [5, 5.41) is 3.71. The first kappa shape index (κ1) is 14.4. The molecule has 1 heterocycles. The Hall–Kier alpha value is -0.960. The molecular formula is C16H27N3. The Morgan fingerprint density at radius 2 is 1.95 bits per heavy atom. The molecule has 0 aliphatic heterocycles. The molecule has 1 aliphatic rings. The topological polar surface area (TPSA) is 37.8 Å². The fraction of sp³-hybridized carbons (Fsp3) is 0.750. The van der Waals surface area contributed by atoms with Crippen molar-refractivity contribution < 1.29 is 0 Å². The van der Waals surface area contributed by atoms with Crippen LogP contribution >= 0.6 is 0 Å². The van der Waals surface area contributed by atoms with Crippen molar-refractivity contribution in [2.24, 2.45) is 17.8 Å². The first-order valence-electron chi connectivity index (χ1n) is 7.70. The highest BCUT2D eigenvalue weighted by Crippen LogP contribution is 2.39. The van der Waals surface area contributed by atoms with Gasteiger partial charge in [-0.25, -0.2) is 9.97 Å². The number of aromatic nitrogens is 2. The smallest absolute Gasteiger partial charge is 0.115 e. The molecule has 1 N–H and O–H groups in total. The molecule has 0 bridgehead atoms. The van der Waals surface area contributed by atoms with Crippen molar-refractivity contribution in [2.75, 3.05) is 6.54 Å². The zero-order valence-corrected chi connectivity index (χ0v) is 12.5. The number of hydrogen-bond acceptors (Lipinski definition) is 3. The average molecular weight is 261 g/mol. The number of rotatable bonds is 5. The Morgan fingerprint density at radius 3 is 2.58 bits per heavy atom. The van der Waals surface area contributed by atoms with Gasteiger partial charge in [-0.05, 0) is 43.6 Å². The fourth-order valence-corrected chi connectivity index (χ4v) is 3.22. The van der Waals surface area contributed by atoms with Crippen LogP contribution in [0.5, 0.6) is 0 Å². The molecule has 4 unspecified atom stereocenters. The molecular weight excluding hydrogens is 234 g/mol. The Balaban J connectivity index is 2.09. The summed E-state index contributed by atoms with van der Waals surface area (Å²) in [5.74, 6) is 2.42. The molecule has 1 aromatic rings. The molecule has 1 saturated carbocycles. The molecule has 1 aliphatic carbocycles. The minimum atomic E-state index is 0.427. The van der Waals surface area contributed by atoms with Gasteiger partial charge < -0.3 is 5.32 Å². The van der Waals surface area contributed by atoms with Gasteiger partial charge in [0.15, 0.2) is 0 Å². The maximum atomic E-state index is 4.19. The third-order valence-corrected chi connectivity index (χ3v) is 4.66. The molecule has 3 nitrogen and oxygen atoms in total. The Labute approximate surface area is 117 Å². The zero-order chi connectivity index (χ0) is 13.7. The molecule has 0 aromatic carbocycles. The van der Waals surface area contributed by atoms with Gasteiger partial charge in [0.05, 0.1) is 0 Å². The van der Waals surface area contributed by atoms with Crippen LogP contribution in [-0.2, 0) is 0 Å². The van der Waals surface area contributed by atoms with Crippen molar-refractivity contribution in [1.29, 1.82) is 0 Å². The minimum Gasteiger partial charge on any atom is -0.310 e. The van der Waals surface area contributed by atoms with E-state index in [4.69, 9.17) is 0 Å². The largest absolute Gasteiger partial charge is 0.310 e. The summed E-state index contributed by atoms with van der Waals surface area (Å²) < 4.78 is 0. The van der Waals surface area contributed by atoms with Crippen LogP contribution in [0.4, 0.5) is 0 Å². The fourth-order valence-electron chi connectivity index (χ4n) is 3.22. The molecule has 1 aromatic heterocycles. The molecule has 3 heteroatoms. The van der Waals surface area contributed by atoms with E-state index in [0.29, 0.717) is 6.04 Å². The average Bonchev–Trinajstić information content (AvgIpc) is 2.44. The summed E-state index contributed by atoms with van der Waals surface area (Å²) >= 11 is 0. The van der Waals surface area contributed by atoms with E-state index in [1.807, 2.05) is 12.4 Å². The molecule has 1 fully saturated rings. The van der Waals surface area contributed by atoms with Gasteiger partial charge in [-0.1, -0.05) is 27.2 Å². The van der Waals surface area contributed by atoms with Crippen molar-refractivity contribution in [3.63, 3.8) is 0 Å². The molecule has 0 amide bonds. The summed E-state index contributed by atoms with van der Waals surface area (Å²) in [5.41, 5.74) is 1.25. The Morgan fingerprint density at radius 1 is 1.21 bits per heavy atom. The highest BCUT2D eigenvalue weighted by Gasteiger charge is 2.30. The lowest BCUT2D eigenvalue weighted by molar-refractivity contribution is 0.171. The SMILES string of the molecule is CCCNC(c1cncnc1)C1CCC(C)C(C)C1. The van der Waals surface area contributed by atoms with Crippen LogP contribution in [0.15, 0.2) is 18.7 Å². The van der Waals surface area contributed by atoms with Gasteiger partial charge in [0.1, 0.15) is 6.33 Å². The van der Waals surface area contributed by atoms with E-state index >= 15 is 0 Å². The maximum absolute atomic E-state index is 4.19. The number of nitrogens with one attached hydrogen (secondary N) is 1. The van der Waals surface area contributed by atoms with Crippen molar-refractivity contribution in [1.82, 2.24) is 15.3 Å². The summed E-state index contributed by atoms with van der Waals surface area (Å²) in [6, 6.07) is 0.427. The zero-order valence-electron chi connectivity index (χ0n) is 12.5. The van der Waals surface area contributed by atoms with Gasteiger partial charge >= 0.3 is 0 Å². The van der Waals surface area contributed by atoms with Gasteiger partial charge in [-0.3, -0.25) is 0 Å². The molecule has 0 saturated heterocycles. The Kier molecular flexibility index (Phi) is 5.32. The minimum absolute atomic E-state index is 0.427. The normalized spacial score (nSPS) is 29.1. The van der Waals surface area contributed by atoms with Crippen LogP contribution in [0, 0.1) is 17.8 Å². The third-order valence-electron chi connectivity index (χ3n) is 4.66. The van der Waals surface area contributed by atoms with E-state index in [2.05, 4.69) is 36.1 Å². The van der Waals surface area contributed by atoms with Gasteiger partial charge in [-0.2, -0.15) is 0 Å². The standard InChI is InChI=1S/C16H27N3/c1-4-7-19-16(15-9-17-11-18-10-15)14-6-5-12(2)13(3)8-14/h9-14,16,19H,4-8H2,1-3H3. The second kappa shape index (κ2) is 6.99. The monoisotopic (exact) mass is 261 g/mol. The molecule has 0 spiro atoms. The van der Waals surface area contributed by atoms with Crippen molar-refractivity contribution in [3.05, 3.63) is 24.3 Å². The highest BCUT2D eigenvalue weighted by atomic mass is 14.9. The molecule has 0 radical (unpaired) electrons. The first-order valence-corrected chi connectivity index (χ1v) is 7.70. The third kappa shape index (κ3) is 3.75. The highest BCUT2D eigenvalue weighted by molar-refractivity contribution is 5.11. The van der Waals surface area contributed by atoms with Crippen molar-refractivity contribution >= 4 is 0 Å². The van der Waals surface area contributed by atoms with Crippen LogP contribution in [-0.4, -0.2) is 16.5 Å². The summed E-state index contributed by atoms with van der Waals surface area (Å²) in [6.07, 6.45) is 10.7. The van der Waals surface area contributed by atoms with Gasteiger partial charge in [0.25, 0.3) is 0 Å². The lowest BCUT2D eigenvalue weighted by atomic mass is 9.72. The lowest BCUT2D eigenvalue weighted by Gasteiger charge is -2.37. The second-order valence-corrected chi connectivity index (χ2v) is 6.13. The van der Waals surface area contributed by atoms with Crippen LogP contribution in [0.2, 0.25) is 0 Å². The number of nitrogens with zero attached hydrogens (tertiary/aromatic N) is 2. The van der Waals surface area contributed by atoms with E-state index in [0.717, 1.165) is 24.3 Å². The van der Waals surface area contributed by atoms with Crippen LogP contribution in [0.3, 0.4) is 0 Å². The first-order chi connectivity index (χ1) is 9.22. The van der Waals surface area contributed by atoms with E-state index in [1.54, 1.807) is 6.33 Å². The van der Waals surface area contributed by atoms with E-state index in [-0.39, 0.29) is 0 Å². The van der Waals surface area contributed by atoms with E-state index in [1.165, 1.54) is 31.2 Å². The Bertz CT molecular complexity index is 366. The quantitative estimate of drug-likeness (QED) is 0.880. The van der Waals surface area contributed by atoms with Crippen molar-refractivity contribution in [3.8, 4) is 0 Å². The maximum Gasteiger partial charge on any atom is 0.115 e. The predicted octanol–water partition coefficient (Wildman–Crippen LogP) is 3.59. The van der Waals surface area contributed by atoms with Crippen molar-refractivity contribution in [2.45, 2.75) is 52.5 Å². The van der Waals surface area contributed by atoms with E-state index < -0.39 is 0 Å². The number of hydrogen-bond donors (Lipinski definition) is 1. The molecule has 2 rings (SSSR count). The van der Waals surface area contributed by atoms with Crippen LogP contribution < -0.4 is 5.32 Å². The van der Waals surface area contributed by atoms with E-state index in [9.17, 15) is 0 Å². The van der Waals surface area contributed by atoms with Gasteiger partial charge in [-0.15, -0.1) is 0 Å². The molecule has 4 atom stereocenters. The van der Waals surface area contributed by atoms with Gasteiger partial charge in [0, 0.05) is 24.0 Å². The summed E-state index contributed by atoms with van der Waals surface area (Å²) in [7, 11) is 0. The molecule has 19 heavy (non-hydrogen) atoms.